The summed E-state index contributed by atoms with van der Waals surface area (Å²) in [5.74, 6) is -1.54. The third-order valence-corrected chi connectivity index (χ3v) is 1.15. The highest BCUT2D eigenvalue weighted by Gasteiger charge is 2.26. The molecule has 0 saturated heterocycles. The average Bonchev–Trinajstić information content (AvgIpc) is 1.85. The molecule has 12 heavy (non-hydrogen) atoms. The van der Waals surface area contributed by atoms with Gasteiger partial charge >= 0.3 is 11.9 Å². The fourth-order valence-corrected chi connectivity index (χ4v) is 0.330. The molecule has 1 atom stereocenters. The van der Waals surface area contributed by atoms with Crippen molar-refractivity contribution < 1.29 is 19.4 Å². The molecule has 0 aromatic heterocycles. The van der Waals surface area contributed by atoms with E-state index in [1.54, 1.807) is 20.8 Å². The topological polar surface area (TPSA) is 63.6 Å². The molecule has 0 aromatic rings. The minimum atomic E-state index is -1.25. The number of ether oxygens (including phenoxy) is 1. The lowest BCUT2D eigenvalue weighted by Crippen LogP contribution is -2.30. The van der Waals surface area contributed by atoms with Crippen LogP contribution in [-0.2, 0) is 14.3 Å². The van der Waals surface area contributed by atoms with Gasteiger partial charge in [-0.15, -0.1) is 0 Å². The van der Waals surface area contributed by atoms with Gasteiger partial charge in [-0.25, -0.2) is 4.79 Å². The largest absolute Gasteiger partial charge is 0.391 e. The van der Waals surface area contributed by atoms with Crippen LogP contribution in [0, 0.1) is 5.41 Å². The molecule has 0 saturated carbocycles. The van der Waals surface area contributed by atoms with Crippen molar-refractivity contribution in [2.75, 3.05) is 0 Å². The van der Waals surface area contributed by atoms with Crippen molar-refractivity contribution in [2.24, 2.45) is 5.41 Å². The molecule has 1 unspecified atom stereocenters. The Balaban J connectivity index is 4.12. The fourth-order valence-electron chi connectivity index (χ4n) is 0.330. The van der Waals surface area contributed by atoms with Crippen molar-refractivity contribution in [1.82, 2.24) is 0 Å². The molecule has 0 aliphatic carbocycles. The Morgan fingerprint density at radius 3 is 2.00 bits per heavy atom. The standard InChI is InChI=1S/C8H14O4/c1-5(9)6(10)12-7(11)8(2,3)4/h5,9H,1-4H3. The maximum absolute atomic E-state index is 11.0. The van der Waals surface area contributed by atoms with Gasteiger partial charge in [-0.2, -0.15) is 0 Å². The Kier molecular flexibility index (Phi) is 3.39. The molecule has 0 heterocycles. The van der Waals surface area contributed by atoms with Crippen molar-refractivity contribution in [3.63, 3.8) is 0 Å². The molecule has 0 radical (unpaired) electrons. The SMILES string of the molecule is CC(O)C(=O)OC(=O)C(C)(C)C. The van der Waals surface area contributed by atoms with E-state index in [1.807, 2.05) is 0 Å². The van der Waals surface area contributed by atoms with Gasteiger partial charge in [0.25, 0.3) is 0 Å². The quantitative estimate of drug-likeness (QED) is 0.464. The van der Waals surface area contributed by atoms with Crippen LogP contribution in [0.4, 0.5) is 0 Å². The summed E-state index contributed by atoms with van der Waals surface area (Å²) >= 11 is 0. The van der Waals surface area contributed by atoms with E-state index in [0.717, 1.165) is 0 Å². The highest BCUT2D eigenvalue weighted by Crippen LogP contribution is 2.15. The number of esters is 2. The van der Waals surface area contributed by atoms with Gasteiger partial charge in [0.1, 0.15) is 6.10 Å². The zero-order valence-electron chi connectivity index (χ0n) is 7.75. The maximum Gasteiger partial charge on any atom is 0.342 e. The van der Waals surface area contributed by atoms with Crippen LogP contribution in [-0.4, -0.2) is 23.1 Å². The molecular formula is C8H14O4. The molecule has 0 amide bonds. The molecule has 0 aliphatic heterocycles. The van der Waals surface area contributed by atoms with Crippen LogP contribution < -0.4 is 0 Å². The number of aliphatic hydroxyl groups excluding tert-OH is 1. The van der Waals surface area contributed by atoms with Crippen LogP contribution in [0.2, 0.25) is 0 Å². The third kappa shape index (κ3) is 3.48. The molecular weight excluding hydrogens is 160 g/mol. The first-order valence-electron chi connectivity index (χ1n) is 3.69. The summed E-state index contributed by atoms with van der Waals surface area (Å²) in [6.45, 7) is 6.14. The lowest BCUT2D eigenvalue weighted by Gasteiger charge is -2.15. The van der Waals surface area contributed by atoms with Gasteiger partial charge in [-0.05, 0) is 27.7 Å². The van der Waals surface area contributed by atoms with Crippen molar-refractivity contribution in [2.45, 2.75) is 33.8 Å². The second-order valence-corrected chi connectivity index (χ2v) is 3.63. The van der Waals surface area contributed by atoms with E-state index in [2.05, 4.69) is 4.74 Å². The summed E-state index contributed by atoms with van der Waals surface area (Å²) in [6.07, 6.45) is -1.25. The second-order valence-electron chi connectivity index (χ2n) is 3.63. The number of hydrogen-bond acceptors (Lipinski definition) is 4. The van der Waals surface area contributed by atoms with Gasteiger partial charge in [0, 0.05) is 0 Å². The fraction of sp³-hybridized carbons (Fsp3) is 0.750. The smallest absolute Gasteiger partial charge is 0.342 e. The van der Waals surface area contributed by atoms with Crippen molar-refractivity contribution >= 4 is 11.9 Å². The first-order chi connectivity index (χ1) is 5.25. The van der Waals surface area contributed by atoms with Crippen LogP contribution in [0.5, 0.6) is 0 Å². The maximum atomic E-state index is 11.0. The Morgan fingerprint density at radius 2 is 1.75 bits per heavy atom. The molecule has 0 aromatic carbocycles. The summed E-state index contributed by atoms with van der Waals surface area (Å²) in [7, 11) is 0. The van der Waals surface area contributed by atoms with Gasteiger partial charge < -0.3 is 9.84 Å². The van der Waals surface area contributed by atoms with Crippen LogP contribution >= 0.6 is 0 Å². The van der Waals surface area contributed by atoms with E-state index in [0.29, 0.717) is 0 Å². The molecule has 0 spiro atoms. The van der Waals surface area contributed by atoms with E-state index in [-0.39, 0.29) is 0 Å². The Labute approximate surface area is 71.5 Å². The van der Waals surface area contributed by atoms with Gasteiger partial charge in [-0.1, -0.05) is 0 Å². The minimum Gasteiger partial charge on any atom is -0.391 e. The molecule has 4 nitrogen and oxygen atoms in total. The van der Waals surface area contributed by atoms with Gasteiger partial charge in [0.15, 0.2) is 0 Å². The molecule has 4 heteroatoms. The van der Waals surface area contributed by atoms with Crippen LogP contribution in [0.15, 0.2) is 0 Å². The van der Waals surface area contributed by atoms with E-state index in [4.69, 9.17) is 5.11 Å². The molecule has 0 bridgehead atoms. The number of aliphatic hydroxyl groups is 1. The zero-order chi connectivity index (χ0) is 9.94. The number of rotatable bonds is 1. The average molecular weight is 174 g/mol. The Bertz CT molecular complexity index is 188. The number of hydrogen-bond donors (Lipinski definition) is 1. The van der Waals surface area contributed by atoms with Crippen LogP contribution in [0.1, 0.15) is 27.7 Å². The lowest BCUT2D eigenvalue weighted by molar-refractivity contribution is -0.170. The summed E-state index contributed by atoms with van der Waals surface area (Å²) < 4.78 is 4.35. The summed E-state index contributed by atoms with van der Waals surface area (Å²) in [5.41, 5.74) is -0.718. The zero-order valence-corrected chi connectivity index (χ0v) is 7.75. The predicted octanol–water partition coefficient (Wildman–Crippen LogP) is 0.483. The molecule has 0 rings (SSSR count). The first-order valence-corrected chi connectivity index (χ1v) is 3.69. The number of carbonyl (C=O) groups excluding carboxylic acids is 2. The normalized spacial score (nSPS) is 13.8. The van der Waals surface area contributed by atoms with Crippen molar-refractivity contribution in [3.05, 3.63) is 0 Å². The summed E-state index contributed by atoms with van der Waals surface area (Å²) in [4.78, 5) is 21.7. The van der Waals surface area contributed by atoms with E-state index in [9.17, 15) is 9.59 Å². The molecule has 0 fully saturated rings. The second kappa shape index (κ2) is 3.67. The third-order valence-electron chi connectivity index (χ3n) is 1.15. The van der Waals surface area contributed by atoms with Gasteiger partial charge in [0.05, 0.1) is 5.41 Å². The molecule has 0 aliphatic rings. The first kappa shape index (κ1) is 11.1. The van der Waals surface area contributed by atoms with Gasteiger partial charge in [-0.3, -0.25) is 4.79 Å². The van der Waals surface area contributed by atoms with E-state index < -0.39 is 23.5 Å². The lowest BCUT2D eigenvalue weighted by atomic mass is 9.97. The highest BCUT2D eigenvalue weighted by atomic mass is 16.6. The van der Waals surface area contributed by atoms with E-state index >= 15 is 0 Å². The van der Waals surface area contributed by atoms with Crippen molar-refractivity contribution in [1.29, 1.82) is 0 Å². The van der Waals surface area contributed by atoms with Crippen molar-refractivity contribution in [3.8, 4) is 0 Å². The van der Waals surface area contributed by atoms with E-state index in [1.165, 1.54) is 6.92 Å². The molecule has 1 N–H and O–H groups in total. The Hall–Kier alpha value is -0.900. The summed E-state index contributed by atoms with van der Waals surface area (Å²) in [5, 5.41) is 8.71. The molecule has 70 valence electrons. The summed E-state index contributed by atoms with van der Waals surface area (Å²) in [6, 6.07) is 0. The minimum absolute atomic E-state index is 0.631. The monoisotopic (exact) mass is 174 g/mol. The Morgan fingerprint density at radius 1 is 1.33 bits per heavy atom. The predicted molar refractivity (Wildman–Crippen MR) is 42.2 cm³/mol. The number of carbonyl (C=O) groups is 2. The van der Waals surface area contributed by atoms with Crippen LogP contribution in [0.25, 0.3) is 0 Å². The highest BCUT2D eigenvalue weighted by molar-refractivity contribution is 5.89. The van der Waals surface area contributed by atoms with Crippen LogP contribution in [0.3, 0.4) is 0 Å². The van der Waals surface area contributed by atoms with Gasteiger partial charge in [0.2, 0.25) is 0 Å².